The topological polar surface area (TPSA) is 100 Å². The van der Waals surface area contributed by atoms with E-state index in [4.69, 9.17) is 18.9 Å². The van der Waals surface area contributed by atoms with Crippen molar-refractivity contribution in [3.8, 4) is 0 Å². The zero-order valence-electron chi connectivity index (χ0n) is 10.6. The second-order valence-corrected chi connectivity index (χ2v) is 4.20. The normalized spacial score (nSPS) is 32.4. The third kappa shape index (κ3) is 2.95. The van der Waals surface area contributed by atoms with Crippen LogP contribution in [0, 0.1) is 0 Å². The van der Waals surface area contributed by atoms with Crippen LogP contribution < -0.4 is 5.32 Å². The molecule has 2 rings (SSSR count). The maximum Gasteiger partial charge on any atom is 0.407 e. The Bertz CT molecular complexity index is 397. The number of rotatable bonds is 3. The van der Waals surface area contributed by atoms with Crippen LogP contribution in [0.25, 0.3) is 0 Å². The van der Waals surface area contributed by atoms with Crippen LogP contribution in [-0.2, 0) is 28.5 Å². The third-order valence-electron chi connectivity index (χ3n) is 2.81. The zero-order valence-corrected chi connectivity index (χ0v) is 10.6. The summed E-state index contributed by atoms with van der Waals surface area (Å²) in [5, 5.41) is 2.53. The SMILES string of the molecule is CCOC(=O)N[C@H]1[C@@H](OC(C)=O)[C@@H]2OC(=O)C[C@@H]1O2. The van der Waals surface area contributed by atoms with E-state index in [1.807, 2.05) is 0 Å². The van der Waals surface area contributed by atoms with Crippen molar-refractivity contribution >= 4 is 18.0 Å². The van der Waals surface area contributed by atoms with Crippen molar-refractivity contribution in [1.29, 1.82) is 0 Å². The molecule has 19 heavy (non-hydrogen) atoms. The minimum atomic E-state index is -0.984. The van der Waals surface area contributed by atoms with Gasteiger partial charge in [-0.2, -0.15) is 0 Å². The smallest absolute Gasteiger partial charge is 0.407 e. The molecule has 0 unspecified atom stereocenters. The summed E-state index contributed by atoms with van der Waals surface area (Å²) in [5.41, 5.74) is 0. The van der Waals surface area contributed by atoms with Crippen LogP contribution in [0.15, 0.2) is 0 Å². The lowest BCUT2D eigenvalue weighted by Gasteiger charge is -2.21. The lowest BCUT2D eigenvalue weighted by atomic mass is 10.1. The maximum atomic E-state index is 11.4. The van der Waals surface area contributed by atoms with Crippen molar-refractivity contribution in [2.75, 3.05) is 6.61 Å². The average molecular weight is 273 g/mol. The van der Waals surface area contributed by atoms with Gasteiger partial charge < -0.3 is 24.3 Å². The standard InChI is InChI=1S/C11H15NO7/c1-3-16-11(15)12-8-6-4-7(14)19-10(18-6)9(8)17-5(2)13/h6,8-10H,3-4H2,1-2H3,(H,12,15)/t6-,8+,9+,10-/m0/s1. The Morgan fingerprint density at radius 3 is 2.84 bits per heavy atom. The molecule has 1 amide bonds. The number of hydrogen-bond donors (Lipinski definition) is 1. The molecule has 0 spiro atoms. The fraction of sp³-hybridized carbons (Fsp3) is 0.727. The van der Waals surface area contributed by atoms with Crippen LogP contribution in [0.4, 0.5) is 4.79 Å². The van der Waals surface area contributed by atoms with Gasteiger partial charge in [-0.3, -0.25) is 9.59 Å². The largest absolute Gasteiger partial charge is 0.454 e. The van der Waals surface area contributed by atoms with Crippen molar-refractivity contribution in [3.63, 3.8) is 0 Å². The lowest BCUT2D eigenvalue weighted by Crippen LogP contribution is -2.48. The molecule has 2 fully saturated rings. The molecule has 1 N–H and O–H groups in total. The summed E-state index contributed by atoms with van der Waals surface area (Å²) >= 11 is 0. The van der Waals surface area contributed by atoms with Gasteiger partial charge in [0.25, 0.3) is 0 Å². The molecule has 2 aliphatic rings. The van der Waals surface area contributed by atoms with Crippen LogP contribution in [0.2, 0.25) is 0 Å². The molecule has 2 aliphatic heterocycles. The van der Waals surface area contributed by atoms with Gasteiger partial charge in [-0.1, -0.05) is 0 Å². The molecule has 8 nitrogen and oxygen atoms in total. The first-order valence-corrected chi connectivity index (χ1v) is 5.96. The summed E-state index contributed by atoms with van der Waals surface area (Å²) in [6, 6.07) is -0.667. The van der Waals surface area contributed by atoms with Crippen LogP contribution in [0.1, 0.15) is 20.3 Å². The van der Waals surface area contributed by atoms with Gasteiger partial charge in [-0.15, -0.1) is 0 Å². The third-order valence-corrected chi connectivity index (χ3v) is 2.81. The summed E-state index contributed by atoms with van der Waals surface area (Å²) in [6.07, 6.45) is -3.10. The van der Waals surface area contributed by atoms with Gasteiger partial charge in [-0.25, -0.2) is 4.79 Å². The summed E-state index contributed by atoms with van der Waals surface area (Å²) in [7, 11) is 0. The summed E-state index contributed by atoms with van der Waals surface area (Å²) < 4.78 is 20.1. The number of carbonyl (C=O) groups is 3. The van der Waals surface area contributed by atoms with Crippen LogP contribution in [-0.4, -0.2) is 49.2 Å². The Kier molecular flexibility index (Phi) is 3.89. The van der Waals surface area contributed by atoms with Gasteiger partial charge >= 0.3 is 18.0 Å². The predicted octanol–water partition coefficient (Wildman–Crippen LogP) is -0.295. The highest BCUT2D eigenvalue weighted by molar-refractivity contribution is 5.73. The molecule has 0 aromatic carbocycles. The highest BCUT2D eigenvalue weighted by atomic mass is 16.7. The zero-order chi connectivity index (χ0) is 14.0. The molecule has 0 aromatic rings. The summed E-state index contributed by atoms with van der Waals surface area (Å²) in [6.45, 7) is 3.10. The first kappa shape index (κ1) is 13.6. The average Bonchev–Trinajstić information content (AvgIpc) is 2.53. The van der Waals surface area contributed by atoms with Crippen molar-refractivity contribution < 1.29 is 33.3 Å². The van der Waals surface area contributed by atoms with E-state index in [9.17, 15) is 14.4 Å². The molecule has 0 saturated carbocycles. The van der Waals surface area contributed by atoms with Gasteiger partial charge in [0.1, 0.15) is 6.04 Å². The number of amides is 1. The molecule has 106 valence electrons. The van der Waals surface area contributed by atoms with E-state index in [1.54, 1.807) is 6.92 Å². The van der Waals surface area contributed by atoms with Crippen molar-refractivity contribution in [2.45, 2.75) is 44.8 Å². The lowest BCUT2D eigenvalue weighted by molar-refractivity contribution is -0.211. The van der Waals surface area contributed by atoms with Crippen molar-refractivity contribution in [3.05, 3.63) is 0 Å². The van der Waals surface area contributed by atoms with Gasteiger partial charge in [0, 0.05) is 6.92 Å². The van der Waals surface area contributed by atoms with Gasteiger partial charge in [0.15, 0.2) is 6.10 Å². The Hall–Kier alpha value is -1.83. The molecule has 0 radical (unpaired) electrons. The van der Waals surface area contributed by atoms with Gasteiger partial charge in [-0.05, 0) is 6.92 Å². The van der Waals surface area contributed by atoms with Crippen LogP contribution in [0.3, 0.4) is 0 Å². The molecular formula is C11H15NO7. The van der Waals surface area contributed by atoms with Gasteiger partial charge in [0.05, 0.1) is 19.1 Å². The van der Waals surface area contributed by atoms with Crippen LogP contribution in [0.5, 0.6) is 0 Å². The van der Waals surface area contributed by atoms with E-state index in [2.05, 4.69) is 5.32 Å². The monoisotopic (exact) mass is 273 g/mol. The van der Waals surface area contributed by atoms with E-state index in [0.717, 1.165) is 0 Å². The highest BCUT2D eigenvalue weighted by Gasteiger charge is 2.53. The van der Waals surface area contributed by atoms with Crippen molar-refractivity contribution in [2.24, 2.45) is 0 Å². The number of nitrogens with one attached hydrogen (secondary N) is 1. The second kappa shape index (κ2) is 5.43. The Labute approximate surface area is 109 Å². The fourth-order valence-corrected chi connectivity index (χ4v) is 2.13. The van der Waals surface area contributed by atoms with Crippen LogP contribution >= 0.6 is 0 Å². The number of carbonyl (C=O) groups excluding carboxylic acids is 3. The van der Waals surface area contributed by atoms with E-state index in [-0.39, 0.29) is 13.0 Å². The molecule has 2 saturated heterocycles. The number of alkyl carbamates (subject to hydrolysis) is 1. The first-order valence-electron chi connectivity index (χ1n) is 5.96. The first-order chi connectivity index (χ1) is 9.01. The molecule has 0 aliphatic carbocycles. The minimum Gasteiger partial charge on any atom is -0.454 e. The quantitative estimate of drug-likeness (QED) is 0.556. The second-order valence-electron chi connectivity index (χ2n) is 4.20. The summed E-state index contributed by atoms with van der Waals surface area (Å²) in [5.74, 6) is -1.00. The minimum absolute atomic E-state index is 0.00859. The van der Waals surface area contributed by atoms with E-state index < -0.39 is 42.6 Å². The Morgan fingerprint density at radius 2 is 2.21 bits per heavy atom. The molecule has 4 atom stereocenters. The summed E-state index contributed by atoms with van der Waals surface area (Å²) in [4.78, 5) is 33.8. The molecule has 8 heteroatoms. The van der Waals surface area contributed by atoms with Gasteiger partial charge in [0.2, 0.25) is 6.29 Å². The molecule has 0 aromatic heterocycles. The maximum absolute atomic E-state index is 11.4. The predicted molar refractivity (Wildman–Crippen MR) is 58.9 cm³/mol. The molecular weight excluding hydrogens is 258 g/mol. The molecule has 2 bridgehead atoms. The number of hydrogen-bond acceptors (Lipinski definition) is 7. The van der Waals surface area contributed by atoms with E-state index in [0.29, 0.717) is 0 Å². The highest BCUT2D eigenvalue weighted by Crippen LogP contribution is 2.31. The number of fused-ring (bicyclic) bond motifs is 2. The fourth-order valence-electron chi connectivity index (χ4n) is 2.13. The number of ether oxygens (including phenoxy) is 4. The van der Waals surface area contributed by atoms with E-state index in [1.165, 1.54) is 6.92 Å². The van der Waals surface area contributed by atoms with E-state index >= 15 is 0 Å². The van der Waals surface area contributed by atoms with Crippen molar-refractivity contribution in [1.82, 2.24) is 5.32 Å². The Balaban J connectivity index is 2.10. The number of esters is 2. The molecule has 2 heterocycles. The Morgan fingerprint density at radius 1 is 1.47 bits per heavy atom.